The second-order valence-corrected chi connectivity index (χ2v) is 10.9. The Labute approximate surface area is 254 Å². The molecule has 42 heavy (non-hydrogen) atoms. The maximum atomic E-state index is 13.2. The number of amides is 2. The van der Waals surface area contributed by atoms with Gasteiger partial charge >= 0.3 is 5.97 Å². The lowest BCUT2D eigenvalue weighted by Gasteiger charge is -2.12. The Balaban J connectivity index is 1.29. The minimum atomic E-state index is -0.415. The standard InChI is InChI=1S/C31H26BrN5O4S/c1-2-41-30(40)21-10-14-23(15-11-21)34-28(38)19-42-31-36-35-27(37(31)24-16-12-22(32)13-17-24)18-33-29(39)26-9-5-7-20-6-3-4-8-25(20)26/h3-17H,2,18-19H2,1H3,(H,33,39)(H,34,38). The van der Waals surface area contributed by atoms with Crippen LogP contribution in [-0.2, 0) is 16.1 Å². The maximum Gasteiger partial charge on any atom is 0.338 e. The molecule has 0 unspecified atom stereocenters. The third-order valence-electron chi connectivity index (χ3n) is 6.24. The van der Waals surface area contributed by atoms with Gasteiger partial charge in [0.15, 0.2) is 11.0 Å². The molecule has 9 nitrogen and oxygen atoms in total. The molecule has 5 rings (SSSR count). The summed E-state index contributed by atoms with van der Waals surface area (Å²) in [5.74, 6) is -0.304. The molecule has 1 aromatic heterocycles. The molecule has 0 aliphatic heterocycles. The highest BCUT2D eigenvalue weighted by Gasteiger charge is 2.18. The molecule has 0 saturated carbocycles. The van der Waals surface area contributed by atoms with Crippen molar-refractivity contribution in [1.29, 1.82) is 0 Å². The fourth-order valence-electron chi connectivity index (χ4n) is 4.27. The number of ether oxygens (including phenoxy) is 1. The van der Waals surface area contributed by atoms with Crippen LogP contribution < -0.4 is 10.6 Å². The van der Waals surface area contributed by atoms with E-state index in [1.165, 1.54) is 11.8 Å². The van der Waals surface area contributed by atoms with Gasteiger partial charge < -0.3 is 15.4 Å². The molecule has 4 aromatic carbocycles. The number of nitrogens with one attached hydrogen (secondary N) is 2. The number of anilines is 1. The second kappa shape index (κ2) is 13.5. The fourth-order valence-corrected chi connectivity index (χ4v) is 5.30. The minimum absolute atomic E-state index is 0.0661. The van der Waals surface area contributed by atoms with Crippen molar-refractivity contribution >= 4 is 61.9 Å². The first-order valence-corrected chi connectivity index (χ1v) is 14.9. The lowest BCUT2D eigenvalue weighted by Crippen LogP contribution is -2.25. The van der Waals surface area contributed by atoms with E-state index in [4.69, 9.17) is 4.74 Å². The highest BCUT2D eigenvalue weighted by molar-refractivity contribution is 9.10. The fraction of sp³-hybridized carbons (Fsp3) is 0.129. The van der Waals surface area contributed by atoms with Crippen molar-refractivity contribution in [2.45, 2.75) is 18.6 Å². The number of fused-ring (bicyclic) bond motifs is 1. The number of esters is 1. The first-order valence-electron chi connectivity index (χ1n) is 13.1. The molecule has 1 heterocycles. The van der Waals surface area contributed by atoms with Gasteiger partial charge in [-0.1, -0.05) is 64.1 Å². The van der Waals surface area contributed by atoms with Crippen molar-refractivity contribution in [1.82, 2.24) is 20.1 Å². The zero-order chi connectivity index (χ0) is 29.5. The van der Waals surface area contributed by atoms with Crippen LogP contribution in [0.15, 0.2) is 101 Å². The van der Waals surface area contributed by atoms with Crippen molar-refractivity contribution in [3.05, 3.63) is 112 Å². The van der Waals surface area contributed by atoms with E-state index in [2.05, 4.69) is 36.8 Å². The third kappa shape index (κ3) is 6.87. The monoisotopic (exact) mass is 643 g/mol. The second-order valence-electron chi connectivity index (χ2n) is 9.05. The highest BCUT2D eigenvalue weighted by Crippen LogP contribution is 2.24. The number of hydrogen-bond donors (Lipinski definition) is 2. The lowest BCUT2D eigenvalue weighted by atomic mass is 10.0. The predicted molar refractivity (Wildman–Crippen MR) is 166 cm³/mol. The van der Waals surface area contributed by atoms with Gasteiger partial charge in [0.25, 0.3) is 5.91 Å². The molecule has 0 atom stereocenters. The number of thioether (sulfide) groups is 1. The number of carbonyl (C=O) groups excluding carboxylic acids is 3. The minimum Gasteiger partial charge on any atom is -0.462 e. The largest absolute Gasteiger partial charge is 0.462 e. The van der Waals surface area contributed by atoms with Crippen molar-refractivity contribution in [3.8, 4) is 5.69 Å². The topological polar surface area (TPSA) is 115 Å². The molecule has 0 aliphatic rings. The molecule has 0 bridgehead atoms. The average Bonchev–Trinajstić information content (AvgIpc) is 3.42. The summed E-state index contributed by atoms with van der Waals surface area (Å²) < 4.78 is 7.72. The summed E-state index contributed by atoms with van der Waals surface area (Å²) in [6.07, 6.45) is 0. The first-order chi connectivity index (χ1) is 20.4. The summed E-state index contributed by atoms with van der Waals surface area (Å²) in [7, 11) is 0. The van der Waals surface area contributed by atoms with Gasteiger partial charge in [-0.25, -0.2) is 4.79 Å². The highest BCUT2D eigenvalue weighted by atomic mass is 79.9. The molecule has 2 amide bonds. The summed E-state index contributed by atoms with van der Waals surface area (Å²) in [6.45, 7) is 2.16. The summed E-state index contributed by atoms with van der Waals surface area (Å²) in [4.78, 5) is 37.8. The van der Waals surface area contributed by atoms with Gasteiger partial charge in [-0.15, -0.1) is 10.2 Å². The van der Waals surface area contributed by atoms with Gasteiger partial charge in [0.1, 0.15) is 0 Å². The number of aromatic nitrogens is 3. The Morgan fingerprint density at radius 2 is 1.64 bits per heavy atom. The summed E-state index contributed by atoms with van der Waals surface area (Å²) >= 11 is 4.68. The molecule has 11 heteroatoms. The van der Waals surface area contributed by atoms with Crippen LogP contribution in [0.3, 0.4) is 0 Å². The number of carbonyl (C=O) groups is 3. The number of halogens is 1. The van der Waals surface area contributed by atoms with E-state index in [-0.39, 0.29) is 30.7 Å². The number of benzene rings is 4. The summed E-state index contributed by atoms with van der Waals surface area (Å²) in [5, 5.41) is 16.8. The normalized spacial score (nSPS) is 10.8. The molecule has 212 valence electrons. The SMILES string of the molecule is CCOC(=O)c1ccc(NC(=O)CSc2nnc(CNC(=O)c3cccc4ccccc34)n2-c2ccc(Br)cc2)cc1. The average molecular weight is 645 g/mol. The van der Waals surface area contributed by atoms with E-state index in [0.717, 1.165) is 20.9 Å². The maximum absolute atomic E-state index is 13.2. The van der Waals surface area contributed by atoms with Crippen LogP contribution in [0, 0.1) is 0 Å². The third-order valence-corrected chi connectivity index (χ3v) is 7.70. The van der Waals surface area contributed by atoms with Crippen LogP contribution in [0.25, 0.3) is 16.5 Å². The molecule has 0 aliphatic carbocycles. The molecular weight excluding hydrogens is 618 g/mol. The summed E-state index contributed by atoms with van der Waals surface area (Å²) in [6, 6.07) is 27.4. The van der Waals surface area contributed by atoms with Crippen LogP contribution >= 0.6 is 27.7 Å². The zero-order valence-corrected chi connectivity index (χ0v) is 24.9. The molecule has 0 saturated heterocycles. The van der Waals surface area contributed by atoms with Gasteiger partial charge in [-0.05, 0) is 72.3 Å². The van der Waals surface area contributed by atoms with Crippen LogP contribution in [0.2, 0.25) is 0 Å². The van der Waals surface area contributed by atoms with Gasteiger partial charge in [-0.2, -0.15) is 0 Å². The van der Waals surface area contributed by atoms with Gasteiger partial charge in [0, 0.05) is 21.4 Å². The van der Waals surface area contributed by atoms with E-state index in [9.17, 15) is 14.4 Å². The number of rotatable bonds is 10. The molecule has 0 spiro atoms. The van der Waals surface area contributed by atoms with Gasteiger partial charge in [0.05, 0.1) is 24.5 Å². The molecule has 2 N–H and O–H groups in total. The Bertz CT molecular complexity index is 1730. The Kier molecular flexibility index (Phi) is 9.30. The number of hydrogen-bond acceptors (Lipinski definition) is 7. The lowest BCUT2D eigenvalue weighted by molar-refractivity contribution is -0.113. The molecule has 0 fully saturated rings. The molecular formula is C31H26BrN5O4S. The smallest absolute Gasteiger partial charge is 0.338 e. The number of nitrogens with zero attached hydrogens (tertiary/aromatic N) is 3. The van der Waals surface area contributed by atoms with Gasteiger partial charge in [-0.3, -0.25) is 14.2 Å². The van der Waals surface area contributed by atoms with Crippen LogP contribution in [0.5, 0.6) is 0 Å². The Morgan fingerprint density at radius 3 is 2.40 bits per heavy atom. The quantitative estimate of drug-likeness (QED) is 0.141. The zero-order valence-electron chi connectivity index (χ0n) is 22.5. The molecule has 0 radical (unpaired) electrons. The van der Waals surface area contributed by atoms with Crippen molar-refractivity contribution < 1.29 is 19.1 Å². The first kappa shape index (κ1) is 29.0. The van der Waals surface area contributed by atoms with E-state index in [1.54, 1.807) is 37.3 Å². The van der Waals surface area contributed by atoms with E-state index in [1.807, 2.05) is 65.2 Å². The Hall–Kier alpha value is -4.48. The van der Waals surface area contributed by atoms with Crippen LogP contribution in [0.1, 0.15) is 33.5 Å². The van der Waals surface area contributed by atoms with E-state index in [0.29, 0.717) is 27.8 Å². The molecule has 5 aromatic rings. The van der Waals surface area contributed by atoms with Crippen molar-refractivity contribution in [2.75, 3.05) is 17.7 Å². The van der Waals surface area contributed by atoms with Crippen LogP contribution in [-0.4, -0.2) is 44.9 Å². The van der Waals surface area contributed by atoms with E-state index >= 15 is 0 Å². The summed E-state index contributed by atoms with van der Waals surface area (Å²) in [5.41, 5.74) is 2.33. The van der Waals surface area contributed by atoms with E-state index < -0.39 is 5.97 Å². The van der Waals surface area contributed by atoms with Crippen molar-refractivity contribution in [2.24, 2.45) is 0 Å². The Morgan fingerprint density at radius 1 is 0.905 bits per heavy atom. The van der Waals surface area contributed by atoms with Gasteiger partial charge in [0.2, 0.25) is 5.91 Å². The van der Waals surface area contributed by atoms with Crippen molar-refractivity contribution in [3.63, 3.8) is 0 Å². The van der Waals surface area contributed by atoms with Crippen LogP contribution in [0.4, 0.5) is 5.69 Å². The predicted octanol–water partition coefficient (Wildman–Crippen LogP) is 6.02.